The average molecular weight is 419 g/mol. The third kappa shape index (κ3) is 5.92. The van der Waals surface area contributed by atoms with Crippen molar-refractivity contribution in [2.75, 3.05) is 18.2 Å². The van der Waals surface area contributed by atoms with Gasteiger partial charge in [-0.3, -0.25) is 4.79 Å². The normalized spacial score (nSPS) is 22.4. The van der Waals surface area contributed by atoms with Crippen molar-refractivity contribution in [2.24, 2.45) is 11.7 Å². The van der Waals surface area contributed by atoms with Crippen molar-refractivity contribution in [3.8, 4) is 0 Å². The van der Waals surface area contributed by atoms with Crippen LogP contribution in [0.15, 0.2) is 23.1 Å². The van der Waals surface area contributed by atoms with E-state index in [1.165, 1.54) is 18.2 Å². The average Bonchev–Trinajstić information content (AvgIpc) is 2.53. The number of nitrogens with two attached hydrogens (primary N) is 1. The lowest BCUT2D eigenvalue weighted by Crippen LogP contribution is -2.51. The molecule has 9 heteroatoms. The molecule has 0 saturated heterocycles. The Kier molecular flexibility index (Phi) is 7.83. The number of rotatable bonds is 5. The van der Waals surface area contributed by atoms with Gasteiger partial charge < -0.3 is 15.8 Å². The van der Waals surface area contributed by atoms with Gasteiger partial charge in [-0.05, 0) is 44.9 Å². The first-order valence-electron chi connectivity index (χ1n) is 8.66. The van der Waals surface area contributed by atoms with Gasteiger partial charge >= 0.3 is 5.97 Å². The molecular formula is C18H27ClN2O5S. The molecule has 0 spiro atoms. The van der Waals surface area contributed by atoms with Gasteiger partial charge in [0, 0.05) is 17.5 Å². The molecule has 1 aliphatic carbocycles. The Balaban J connectivity index is 0.00000364. The summed E-state index contributed by atoms with van der Waals surface area (Å²) in [4.78, 5) is 24.7. The van der Waals surface area contributed by atoms with Gasteiger partial charge in [-0.25, -0.2) is 13.2 Å². The molecule has 0 radical (unpaired) electrons. The second kappa shape index (κ2) is 9.03. The predicted octanol–water partition coefficient (Wildman–Crippen LogP) is 2.53. The maximum absolute atomic E-state index is 12.7. The molecule has 2 atom stereocenters. The molecule has 1 fully saturated rings. The molecule has 0 aliphatic heterocycles. The highest BCUT2D eigenvalue weighted by Crippen LogP contribution is 2.32. The van der Waals surface area contributed by atoms with Crippen LogP contribution in [0, 0.1) is 5.92 Å². The van der Waals surface area contributed by atoms with Crippen molar-refractivity contribution < 1.29 is 22.7 Å². The number of halogens is 1. The van der Waals surface area contributed by atoms with Crippen molar-refractivity contribution in [2.45, 2.75) is 50.0 Å². The van der Waals surface area contributed by atoms with Crippen molar-refractivity contribution in [3.05, 3.63) is 23.8 Å². The summed E-state index contributed by atoms with van der Waals surface area (Å²) in [6.07, 6.45) is 4.37. The summed E-state index contributed by atoms with van der Waals surface area (Å²) in [6, 6.07) is 4.00. The fourth-order valence-corrected chi connectivity index (χ4v) is 3.92. The smallest absolute Gasteiger partial charge is 0.338 e. The lowest BCUT2D eigenvalue weighted by atomic mass is 9.74. The van der Waals surface area contributed by atoms with Crippen LogP contribution in [0.5, 0.6) is 0 Å². The molecule has 0 heterocycles. The molecule has 1 aromatic rings. The number of carbonyl (C=O) groups excluding carboxylic acids is 2. The van der Waals surface area contributed by atoms with Crippen molar-refractivity contribution in [1.82, 2.24) is 0 Å². The highest BCUT2D eigenvalue weighted by molar-refractivity contribution is 7.90. The van der Waals surface area contributed by atoms with E-state index < -0.39 is 21.3 Å². The minimum Gasteiger partial charge on any atom is -0.462 e. The molecule has 1 amide bonds. The van der Waals surface area contributed by atoms with E-state index in [1.54, 1.807) is 6.92 Å². The molecule has 1 aromatic carbocycles. The minimum atomic E-state index is -3.56. The number of sulfone groups is 1. The number of benzene rings is 1. The molecule has 7 nitrogen and oxygen atoms in total. The zero-order valence-corrected chi connectivity index (χ0v) is 17.4. The topological polar surface area (TPSA) is 116 Å². The maximum atomic E-state index is 12.7. The van der Waals surface area contributed by atoms with Crippen LogP contribution >= 0.6 is 12.4 Å². The number of ether oxygens (including phenoxy) is 1. The van der Waals surface area contributed by atoms with Gasteiger partial charge in [-0.15, -0.1) is 12.4 Å². The molecule has 0 aromatic heterocycles. The van der Waals surface area contributed by atoms with E-state index in [4.69, 9.17) is 10.5 Å². The van der Waals surface area contributed by atoms with Gasteiger partial charge in [0.25, 0.3) is 0 Å². The zero-order chi connectivity index (χ0) is 19.5. The van der Waals surface area contributed by atoms with E-state index >= 15 is 0 Å². The van der Waals surface area contributed by atoms with E-state index in [9.17, 15) is 18.0 Å². The summed E-state index contributed by atoms with van der Waals surface area (Å²) in [5, 5.41) is 2.73. The van der Waals surface area contributed by atoms with Crippen molar-refractivity contribution in [3.63, 3.8) is 0 Å². The number of nitrogens with one attached hydrogen (secondary N) is 1. The van der Waals surface area contributed by atoms with Gasteiger partial charge in [0.15, 0.2) is 9.84 Å². The first-order chi connectivity index (χ1) is 12.0. The Bertz CT molecular complexity index is 808. The maximum Gasteiger partial charge on any atom is 0.338 e. The van der Waals surface area contributed by atoms with Crippen molar-refractivity contribution in [1.29, 1.82) is 0 Å². The van der Waals surface area contributed by atoms with Crippen LogP contribution in [-0.2, 0) is 19.4 Å². The molecule has 2 unspecified atom stereocenters. The highest BCUT2D eigenvalue weighted by atomic mass is 35.5. The van der Waals surface area contributed by atoms with Gasteiger partial charge in [0.2, 0.25) is 5.91 Å². The number of anilines is 1. The second-order valence-electron chi connectivity index (χ2n) is 7.03. The Labute approximate surface area is 166 Å². The summed E-state index contributed by atoms with van der Waals surface area (Å²) >= 11 is 0. The van der Waals surface area contributed by atoms with Crippen LogP contribution in [0.3, 0.4) is 0 Å². The first kappa shape index (κ1) is 23.4. The summed E-state index contributed by atoms with van der Waals surface area (Å²) in [6.45, 7) is 3.68. The molecule has 0 bridgehead atoms. The number of carbonyl (C=O) groups is 2. The molecule has 152 valence electrons. The van der Waals surface area contributed by atoms with Crippen LogP contribution in [0.4, 0.5) is 5.69 Å². The number of amides is 1. The third-order valence-electron chi connectivity index (χ3n) is 4.68. The van der Waals surface area contributed by atoms with E-state index in [2.05, 4.69) is 5.32 Å². The number of esters is 1. The van der Waals surface area contributed by atoms with Crippen LogP contribution in [0.25, 0.3) is 0 Å². The monoisotopic (exact) mass is 418 g/mol. The lowest BCUT2D eigenvalue weighted by Gasteiger charge is -2.37. The molecule has 2 rings (SSSR count). The Hall–Kier alpha value is -1.64. The van der Waals surface area contributed by atoms with E-state index in [-0.39, 0.29) is 47.0 Å². The highest BCUT2D eigenvalue weighted by Gasteiger charge is 2.37. The fourth-order valence-electron chi connectivity index (χ4n) is 3.24. The van der Waals surface area contributed by atoms with Gasteiger partial charge in [0.1, 0.15) is 0 Å². The van der Waals surface area contributed by atoms with Crippen molar-refractivity contribution >= 4 is 39.8 Å². The summed E-state index contributed by atoms with van der Waals surface area (Å²) < 4.78 is 28.8. The molecule has 1 saturated carbocycles. The van der Waals surface area contributed by atoms with Gasteiger partial charge in [-0.2, -0.15) is 0 Å². The van der Waals surface area contributed by atoms with E-state index in [0.29, 0.717) is 6.42 Å². The third-order valence-corrected chi connectivity index (χ3v) is 5.78. The Morgan fingerprint density at radius 2 is 1.96 bits per heavy atom. The van der Waals surface area contributed by atoms with E-state index in [0.717, 1.165) is 25.5 Å². The molecular weight excluding hydrogens is 392 g/mol. The SMILES string of the molecule is CCOC(=O)c1cc(NC(=O)C2CCCCC2(C)N)cc(S(C)(=O)=O)c1.Cl. The van der Waals surface area contributed by atoms with Crippen LogP contribution in [0.1, 0.15) is 49.9 Å². The van der Waals surface area contributed by atoms with Gasteiger partial charge in [-0.1, -0.05) is 12.8 Å². The zero-order valence-electron chi connectivity index (χ0n) is 15.8. The second-order valence-corrected chi connectivity index (χ2v) is 9.05. The Morgan fingerprint density at radius 1 is 1.30 bits per heavy atom. The quantitative estimate of drug-likeness (QED) is 0.710. The lowest BCUT2D eigenvalue weighted by molar-refractivity contribution is -0.122. The summed E-state index contributed by atoms with van der Waals surface area (Å²) in [5.74, 6) is -1.28. The fraction of sp³-hybridized carbons (Fsp3) is 0.556. The van der Waals surface area contributed by atoms with Gasteiger partial charge in [0.05, 0.1) is 23.0 Å². The first-order valence-corrected chi connectivity index (χ1v) is 10.6. The molecule has 3 N–H and O–H groups in total. The molecule has 1 aliphatic rings. The minimum absolute atomic E-state index is 0. The number of hydrogen-bond acceptors (Lipinski definition) is 6. The van der Waals surface area contributed by atoms with Crippen LogP contribution in [-0.4, -0.2) is 38.7 Å². The summed E-state index contributed by atoms with van der Waals surface area (Å²) in [5.41, 5.74) is 5.96. The van der Waals surface area contributed by atoms with Crippen LogP contribution < -0.4 is 11.1 Å². The Morgan fingerprint density at radius 3 is 2.52 bits per heavy atom. The van der Waals surface area contributed by atoms with E-state index in [1.807, 2.05) is 6.92 Å². The standard InChI is InChI=1S/C18H26N2O5S.ClH/c1-4-25-17(22)12-9-13(11-14(10-12)26(3,23)24)20-16(21)15-7-5-6-8-18(15,2)19;/h9-11,15H,4-8,19H2,1-3H3,(H,20,21);1H. The van der Waals surface area contributed by atoms with Crippen LogP contribution in [0.2, 0.25) is 0 Å². The summed E-state index contributed by atoms with van der Waals surface area (Å²) in [7, 11) is -3.56. The molecule has 27 heavy (non-hydrogen) atoms. The number of hydrogen-bond donors (Lipinski definition) is 2. The predicted molar refractivity (Wildman–Crippen MR) is 106 cm³/mol. The largest absolute Gasteiger partial charge is 0.462 e.